The van der Waals surface area contributed by atoms with Gasteiger partial charge in [0, 0.05) is 32.9 Å². The summed E-state index contributed by atoms with van der Waals surface area (Å²) in [4.78, 5) is 17.3. The van der Waals surface area contributed by atoms with Crippen LogP contribution in [0.1, 0.15) is 33.1 Å². The Morgan fingerprint density at radius 2 is 1.91 bits per heavy atom. The number of halogens is 1. The zero-order chi connectivity index (χ0) is 17.2. The van der Waals surface area contributed by atoms with Crippen LogP contribution < -0.4 is 10.6 Å². The molecular weight excluding hydrogens is 431 g/mol. The molecule has 0 saturated heterocycles. The number of hydrogen-bond acceptors (Lipinski definition) is 4. The highest BCUT2D eigenvalue weighted by atomic mass is 127. The van der Waals surface area contributed by atoms with Crippen LogP contribution in [0.3, 0.4) is 0 Å². The van der Waals surface area contributed by atoms with E-state index in [9.17, 15) is 13.2 Å². The Labute approximate surface area is 157 Å². The number of carbonyl (C=O) groups excluding carboxylic acids is 1. The van der Waals surface area contributed by atoms with Gasteiger partial charge in [-0.2, -0.15) is 0 Å². The van der Waals surface area contributed by atoms with Crippen molar-refractivity contribution in [3.8, 4) is 0 Å². The van der Waals surface area contributed by atoms with Gasteiger partial charge in [-0.15, -0.1) is 24.0 Å². The fourth-order valence-electron chi connectivity index (χ4n) is 1.52. The van der Waals surface area contributed by atoms with E-state index in [1.165, 1.54) is 11.2 Å². The summed E-state index contributed by atoms with van der Waals surface area (Å²) in [5.74, 6) is 0.588. The van der Waals surface area contributed by atoms with Gasteiger partial charge in [-0.3, -0.25) is 4.79 Å². The Hall–Kier alpha value is -0.580. The predicted molar refractivity (Wildman–Crippen MR) is 106 cm³/mol. The van der Waals surface area contributed by atoms with Crippen LogP contribution >= 0.6 is 24.0 Å². The van der Waals surface area contributed by atoms with Gasteiger partial charge in [0.2, 0.25) is 5.91 Å². The van der Waals surface area contributed by atoms with Crippen LogP contribution in [-0.4, -0.2) is 70.4 Å². The molecule has 1 atom stereocenters. The van der Waals surface area contributed by atoms with Crippen LogP contribution in [0.5, 0.6) is 0 Å². The number of guanidine groups is 1. The first kappa shape index (κ1) is 24.7. The summed E-state index contributed by atoms with van der Waals surface area (Å²) >= 11 is 0. The number of nitrogens with one attached hydrogen (secondary N) is 2. The summed E-state index contributed by atoms with van der Waals surface area (Å²) in [6.45, 7) is 4.82. The summed E-state index contributed by atoms with van der Waals surface area (Å²) in [5, 5.41) is 6.31. The molecule has 0 heterocycles. The first-order chi connectivity index (χ1) is 10.2. The van der Waals surface area contributed by atoms with Crippen LogP contribution in [0.25, 0.3) is 0 Å². The lowest BCUT2D eigenvalue weighted by molar-refractivity contribution is -0.127. The van der Waals surface area contributed by atoms with Crippen LogP contribution in [0.4, 0.5) is 0 Å². The van der Waals surface area contributed by atoms with E-state index in [1.54, 1.807) is 14.1 Å². The molecule has 0 aliphatic rings. The summed E-state index contributed by atoms with van der Waals surface area (Å²) < 4.78 is 22.4. The van der Waals surface area contributed by atoms with E-state index in [0.717, 1.165) is 19.4 Å². The maximum Gasteiger partial charge on any atom is 0.243 e. The normalized spacial score (nSPS) is 13.0. The van der Waals surface area contributed by atoms with E-state index in [4.69, 9.17) is 0 Å². The van der Waals surface area contributed by atoms with E-state index in [0.29, 0.717) is 12.4 Å². The van der Waals surface area contributed by atoms with E-state index < -0.39 is 9.84 Å². The lowest BCUT2D eigenvalue weighted by atomic mass is 10.2. The molecule has 0 radical (unpaired) electrons. The molecule has 0 aromatic heterocycles. The van der Waals surface area contributed by atoms with E-state index in [1.807, 2.05) is 6.92 Å². The van der Waals surface area contributed by atoms with Gasteiger partial charge in [-0.1, -0.05) is 13.3 Å². The minimum atomic E-state index is -2.97. The van der Waals surface area contributed by atoms with E-state index >= 15 is 0 Å². The van der Waals surface area contributed by atoms with Gasteiger partial charge >= 0.3 is 0 Å². The molecule has 0 saturated carbocycles. The van der Waals surface area contributed by atoms with Crippen LogP contribution in [0, 0.1) is 0 Å². The van der Waals surface area contributed by atoms with Gasteiger partial charge in [-0.05, 0) is 19.8 Å². The molecule has 1 unspecified atom stereocenters. The fraction of sp³-hybridized carbons (Fsp3) is 0.857. The highest BCUT2D eigenvalue weighted by Gasteiger charge is 2.10. The molecule has 1 amide bonds. The van der Waals surface area contributed by atoms with Gasteiger partial charge in [0.1, 0.15) is 16.4 Å². The molecule has 0 bridgehead atoms. The van der Waals surface area contributed by atoms with Crippen molar-refractivity contribution in [2.45, 2.75) is 39.2 Å². The predicted octanol–water partition coefficient (Wildman–Crippen LogP) is 0.851. The van der Waals surface area contributed by atoms with Crippen LogP contribution in [0.2, 0.25) is 0 Å². The molecule has 23 heavy (non-hydrogen) atoms. The van der Waals surface area contributed by atoms with Crippen molar-refractivity contribution >= 4 is 45.7 Å². The van der Waals surface area contributed by atoms with Crippen molar-refractivity contribution in [3.05, 3.63) is 0 Å². The number of aliphatic imine (C=N–C) groups is 1. The van der Waals surface area contributed by atoms with Crippen molar-refractivity contribution in [1.82, 2.24) is 15.5 Å². The smallest absolute Gasteiger partial charge is 0.243 e. The summed E-state index contributed by atoms with van der Waals surface area (Å²) in [7, 11) is 0.396. The first-order valence-corrected chi connectivity index (χ1v) is 9.64. The Balaban J connectivity index is 0. The number of amides is 1. The average molecular weight is 462 g/mol. The van der Waals surface area contributed by atoms with Gasteiger partial charge in [-0.25, -0.2) is 13.4 Å². The molecule has 0 rings (SSSR count). The fourth-order valence-corrected chi connectivity index (χ4v) is 2.30. The van der Waals surface area contributed by atoms with Crippen molar-refractivity contribution < 1.29 is 13.2 Å². The lowest BCUT2D eigenvalue weighted by Crippen LogP contribution is -2.43. The standard InChI is InChI=1S/C14H30N4O3S.HI/c1-6-7-9-15-14(16-11-13(19)18(3)4)17-12(2)8-10-22(5,20)21;/h12H,6-11H2,1-5H3,(H2,15,16,17);1H. The SMILES string of the molecule is CCCCNC(=NCC(=O)N(C)C)NC(C)CCS(C)(=O)=O.I. The van der Waals surface area contributed by atoms with Crippen molar-refractivity contribution in [1.29, 1.82) is 0 Å². The molecular formula is C14H31IN4O3S. The number of unbranched alkanes of at least 4 members (excludes halogenated alkanes) is 1. The molecule has 9 heteroatoms. The lowest BCUT2D eigenvalue weighted by Gasteiger charge is -2.18. The average Bonchev–Trinajstić information content (AvgIpc) is 2.41. The third-order valence-electron chi connectivity index (χ3n) is 3.00. The zero-order valence-corrected chi connectivity index (χ0v) is 17.9. The number of carbonyl (C=O) groups is 1. The minimum Gasteiger partial charge on any atom is -0.356 e. The number of hydrogen-bond donors (Lipinski definition) is 2. The van der Waals surface area contributed by atoms with E-state index in [2.05, 4.69) is 22.5 Å². The Morgan fingerprint density at radius 1 is 1.30 bits per heavy atom. The van der Waals surface area contributed by atoms with Gasteiger partial charge in [0.25, 0.3) is 0 Å². The van der Waals surface area contributed by atoms with Crippen molar-refractivity contribution in [2.75, 3.05) is 39.2 Å². The Morgan fingerprint density at radius 3 is 2.39 bits per heavy atom. The number of sulfone groups is 1. The zero-order valence-electron chi connectivity index (χ0n) is 14.8. The molecule has 0 fully saturated rings. The maximum atomic E-state index is 11.6. The number of nitrogens with zero attached hydrogens (tertiary/aromatic N) is 2. The molecule has 0 aromatic rings. The second kappa shape index (κ2) is 12.8. The third kappa shape index (κ3) is 14.7. The number of rotatable bonds is 9. The third-order valence-corrected chi connectivity index (χ3v) is 3.98. The Kier molecular flexibility index (Phi) is 13.7. The number of likely N-dealkylation sites (N-methyl/N-ethyl adjacent to an activating group) is 1. The molecule has 0 aliphatic heterocycles. The summed E-state index contributed by atoms with van der Waals surface area (Å²) in [6, 6.07) is -0.0444. The largest absolute Gasteiger partial charge is 0.356 e. The quantitative estimate of drug-likeness (QED) is 0.230. The highest BCUT2D eigenvalue weighted by molar-refractivity contribution is 14.0. The summed E-state index contributed by atoms with van der Waals surface area (Å²) in [6.07, 6.45) is 3.78. The van der Waals surface area contributed by atoms with Gasteiger partial charge in [0.05, 0.1) is 5.75 Å². The van der Waals surface area contributed by atoms with Crippen molar-refractivity contribution in [2.24, 2.45) is 4.99 Å². The molecule has 0 aromatic carbocycles. The second-order valence-electron chi connectivity index (χ2n) is 5.70. The first-order valence-electron chi connectivity index (χ1n) is 7.58. The van der Waals surface area contributed by atoms with Crippen molar-refractivity contribution in [3.63, 3.8) is 0 Å². The summed E-state index contributed by atoms with van der Waals surface area (Å²) in [5.41, 5.74) is 0. The van der Waals surface area contributed by atoms with Gasteiger partial charge in [0.15, 0.2) is 5.96 Å². The van der Waals surface area contributed by atoms with Crippen LogP contribution in [0.15, 0.2) is 4.99 Å². The molecule has 0 spiro atoms. The van der Waals surface area contributed by atoms with Gasteiger partial charge < -0.3 is 15.5 Å². The van der Waals surface area contributed by atoms with Crippen LogP contribution in [-0.2, 0) is 14.6 Å². The highest BCUT2D eigenvalue weighted by Crippen LogP contribution is 1.96. The minimum absolute atomic E-state index is 0. The second-order valence-corrected chi connectivity index (χ2v) is 7.96. The molecule has 7 nitrogen and oxygen atoms in total. The Bertz CT molecular complexity index is 467. The molecule has 2 N–H and O–H groups in total. The molecule has 138 valence electrons. The maximum absolute atomic E-state index is 11.6. The van der Waals surface area contributed by atoms with E-state index in [-0.39, 0.29) is 48.2 Å². The topological polar surface area (TPSA) is 90.9 Å². The molecule has 0 aliphatic carbocycles. The monoisotopic (exact) mass is 462 g/mol.